The summed E-state index contributed by atoms with van der Waals surface area (Å²) in [6, 6.07) is 0.192. The standard InChI is InChI=1S/C13H22N2O4/c1-2-11-9-19-8-7-15(11)13(18)14-5-3-10(4-6-14)12(16)17/h10-11H,2-9H2,1H3,(H,16,17). The number of urea groups is 1. The van der Waals surface area contributed by atoms with Gasteiger partial charge in [-0.1, -0.05) is 6.92 Å². The Labute approximate surface area is 113 Å². The summed E-state index contributed by atoms with van der Waals surface area (Å²) in [5.41, 5.74) is 0. The SMILES string of the molecule is CCC1COCCN1C(=O)N1CCC(C(=O)O)CC1. The summed E-state index contributed by atoms with van der Waals surface area (Å²) in [5, 5.41) is 8.96. The number of carboxylic acid groups (broad SMARTS) is 1. The summed E-state index contributed by atoms with van der Waals surface area (Å²) >= 11 is 0. The molecule has 0 aliphatic carbocycles. The average molecular weight is 270 g/mol. The van der Waals surface area contributed by atoms with Gasteiger partial charge in [0.25, 0.3) is 0 Å². The Bertz CT molecular complexity index is 340. The van der Waals surface area contributed by atoms with Crippen LogP contribution in [0, 0.1) is 5.92 Å². The molecule has 0 aromatic rings. The van der Waals surface area contributed by atoms with Crippen LogP contribution in [-0.2, 0) is 9.53 Å². The summed E-state index contributed by atoms with van der Waals surface area (Å²) in [7, 11) is 0. The molecule has 0 bridgehead atoms. The van der Waals surface area contributed by atoms with Crippen LogP contribution in [0.4, 0.5) is 4.79 Å². The Morgan fingerprint density at radius 2 is 1.95 bits per heavy atom. The van der Waals surface area contributed by atoms with Crippen LogP contribution < -0.4 is 0 Å². The van der Waals surface area contributed by atoms with E-state index in [9.17, 15) is 9.59 Å². The molecule has 2 heterocycles. The molecule has 0 aromatic heterocycles. The lowest BCUT2D eigenvalue weighted by molar-refractivity contribution is -0.143. The number of carboxylic acids is 1. The molecule has 2 rings (SSSR count). The highest BCUT2D eigenvalue weighted by atomic mass is 16.5. The van der Waals surface area contributed by atoms with Gasteiger partial charge in [-0.15, -0.1) is 0 Å². The quantitative estimate of drug-likeness (QED) is 0.813. The van der Waals surface area contributed by atoms with Gasteiger partial charge in [0.15, 0.2) is 0 Å². The van der Waals surface area contributed by atoms with Crippen LogP contribution in [-0.4, -0.2) is 65.8 Å². The minimum Gasteiger partial charge on any atom is -0.481 e. The molecule has 19 heavy (non-hydrogen) atoms. The van der Waals surface area contributed by atoms with Crippen molar-refractivity contribution in [2.75, 3.05) is 32.8 Å². The Hall–Kier alpha value is -1.30. The number of amides is 2. The second-order valence-corrected chi connectivity index (χ2v) is 5.21. The molecule has 0 spiro atoms. The summed E-state index contributed by atoms with van der Waals surface area (Å²) in [6.07, 6.45) is 2.00. The molecule has 1 unspecified atom stereocenters. The zero-order chi connectivity index (χ0) is 13.8. The first-order chi connectivity index (χ1) is 9.13. The van der Waals surface area contributed by atoms with E-state index < -0.39 is 5.97 Å². The minimum atomic E-state index is -0.745. The number of nitrogens with zero attached hydrogens (tertiary/aromatic N) is 2. The molecule has 2 aliphatic heterocycles. The van der Waals surface area contributed by atoms with Crippen molar-refractivity contribution in [1.29, 1.82) is 0 Å². The van der Waals surface area contributed by atoms with Gasteiger partial charge in [0, 0.05) is 19.6 Å². The first-order valence-electron chi connectivity index (χ1n) is 6.99. The lowest BCUT2D eigenvalue weighted by Gasteiger charge is -2.40. The zero-order valence-corrected chi connectivity index (χ0v) is 11.4. The molecule has 2 fully saturated rings. The second-order valence-electron chi connectivity index (χ2n) is 5.21. The third kappa shape index (κ3) is 3.18. The van der Waals surface area contributed by atoms with E-state index in [1.54, 1.807) is 4.90 Å². The van der Waals surface area contributed by atoms with Crippen molar-refractivity contribution < 1.29 is 19.4 Å². The van der Waals surface area contributed by atoms with Crippen molar-refractivity contribution in [3.05, 3.63) is 0 Å². The molecule has 6 nitrogen and oxygen atoms in total. The maximum atomic E-state index is 12.4. The third-order valence-corrected chi connectivity index (χ3v) is 4.06. The molecule has 2 saturated heterocycles. The van der Waals surface area contributed by atoms with Crippen molar-refractivity contribution in [1.82, 2.24) is 9.80 Å². The molecule has 108 valence electrons. The van der Waals surface area contributed by atoms with Gasteiger partial charge in [0.05, 0.1) is 25.2 Å². The second kappa shape index (κ2) is 6.23. The molecule has 0 aromatic carbocycles. The maximum Gasteiger partial charge on any atom is 0.320 e. The highest BCUT2D eigenvalue weighted by Gasteiger charge is 2.33. The Morgan fingerprint density at radius 1 is 1.26 bits per heavy atom. The van der Waals surface area contributed by atoms with Crippen molar-refractivity contribution in [3.8, 4) is 0 Å². The number of carbonyl (C=O) groups excluding carboxylic acids is 1. The number of rotatable bonds is 2. The van der Waals surface area contributed by atoms with Crippen molar-refractivity contribution in [2.24, 2.45) is 5.92 Å². The number of ether oxygens (including phenoxy) is 1. The van der Waals surface area contributed by atoms with Gasteiger partial charge < -0.3 is 19.6 Å². The fraction of sp³-hybridized carbons (Fsp3) is 0.846. The van der Waals surface area contributed by atoms with E-state index in [1.165, 1.54) is 0 Å². The van der Waals surface area contributed by atoms with Gasteiger partial charge in [-0.25, -0.2) is 4.79 Å². The van der Waals surface area contributed by atoms with E-state index in [0.29, 0.717) is 45.7 Å². The van der Waals surface area contributed by atoms with E-state index >= 15 is 0 Å². The first-order valence-corrected chi connectivity index (χ1v) is 6.99. The molecule has 0 saturated carbocycles. The van der Waals surface area contributed by atoms with E-state index in [0.717, 1.165) is 6.42 Å². The number of piperidine rings is 1. The van der Waals surface area contributed by atoms with Crippen LogP contribution in [0.3, 0.4) is 0 Å². The van der Waals surface area contributed by atoms with E-state index in [1.807, 2.05) is 4.90 Å². The number of aliphatic carboxylic acids is 1. The minimum absolute atomic E-state index is 0.0407. The molecule has 6 heteroatoms. The molecule has 2 amide bonds. The highest BCUT2D eigenvalue weighted by Crippen LogP contribution is 2.20. The van der Waals surface area contributed by atoms with Crippen LogP contribution in [0.1, 0.15) is 26.2 Å². The smallest absolute Gasteiger partial charge is 0.320 e. The largest absolute Gasteiger partial charge is 0.481 e. The third-order valence-electron chi connectivity index (χ3n) is 4.06. The van der Waals surface area contributed by atoms with Crippen molar-refractivity contribution in [3.63, 3.8) is 0 Å². The van der Waals surface area contributed by atoms with Crippen molar-refractivity contribution in [2.45, 2.75) is 32.2 Å². The van der Waals surface area contributed by atoms with E-state index in [4.69, 9.17) is 9.84 Å². The lowest BCUT2D eigenvalue weighted by Crippen LogP contribution is -2.55. The number of carbonyl (C=O) groups is 2. The van der Waals surface area contributed by atoms with Gasteiger partial charge in [-0.05, 0) is 19.3 Å². The van der Waals surface area contributed by atoms with Crippen LogP contribution >= 0.6 is 0 Å². The van der Waals surface area contributed by atoms with Crippen LogP contribution in [0.25, 0.3) is 0 Å². The molecule has 1 atom stereocenters. The lowest BCUT2D eigenvalue weighted by atomic mass is 9.97. The average Bonchev–Trinajstić information content (AvgIpc) is 2.46. The topological polar surface area (TPSA) is 70.1 Å². The predicted octanol–water partition coefficient (Wildman–Crippen LogP) is 1.01. The number of morpholine rings is 1. The monoisotopic (exact) mass is 270 g/mol. The molecule has 0 radical (unpaired) electrons. The number of likely N-dealkylation sites (tertiary alicyclic amines) is 1. The highest BCUT2D eigenvalue weighted by molar-refractivity contribution is 5.76. The summed E-state index contributed by atoms with van der Waals surface area (Å²) in [6.45, 7) is 4.97. The summed E-state index contributed by atoms with van der Waals surface area (Å²) < 4.78 is 5.40. The van der Waals surface area contributed by atoms with Gasteiger partial charge >= 0.3 is 12.0 Å². The van der Waals surface area contributed by atoms with Gasteiger partial charge in [0.1, 0.15) is 0 Å². The number of hydrogen-bond acceptors (Lipinski definition) is 3. The van der Waals surface area contributed by atoms with Crippen LogP contribution in [0.15, 0.2) is 0 Å². The Balaban J connectivity index is 1.91. The van der Waals surface area contributed by atoms with Crippen LogP contribution in [0.5, 0.6) is 0 Å². The molecule has 1 N–H and O–H groups in total. The van der Waals surface area contributed by atoms with E-state index in [2.05, 4.69) is 6.92 Å². The number of hydrogen-bond donors (Lipinski definition) is 1. The summed E-state index contributed by atoms with van der Waals surface area (Å²) in [4.78, 5) is 27.0. The maximum absolute atomic E-state index is 12.4. The van der Waals surface area contributed by atoms with Gasteiger partial charge in [-0.3, -0.25) is 4.79 Å². The molecular formula is C13H22N2O4. The van der Waals surface area contributed by atoms with Crippen LogP contribution in [0.2, 0.25) is 0 Å². The molecular weight excluding hydrogens is 248 g/mol. The zero-order valence-electron chi connectivity index (χ0n) is 11.4. The fourth-order valence-electron chi connectivity index (χ4n) is 2.74. The Morgan fingerprint density at radius 3 is 2.53 bits per heavy atom. The summed E-state index contributed by atoms with van der Waals surface area (Å²) in [5.74, 6) is -1.04. The normalized spacial score (nSPS) is 25.4. The van der Waals surface area contributed by atoms with Crippen molar-refractivity contribution >= 4 is 12.0 Å². The van der Waals surface area contributed by atoms with Gasteiger partial charge in [0.2, 0.25) is 0 Å². The fourth-order valence-corrected chi connectivity index (χ4v) is 2.74. The van der Waals surface area contributed by atoms with E-state index in [-0.39, 0.29) is 18.0 Å². The first kappa shape index (κ1) is 14.1. The van der Waals surface area contributed by atoms with Gasteiger partial charge in [-0.2, -0.15) is 0 Å². The molecule has 2 aliphatic rings. The Kier molecular flexibility index (Phi) is 4.63. The predicted molar refractivity (Wildman–Crippen MR) is 68.9 cm³/mol.